The minimum absolute atomic E-state index is 0.0607. The second-order valence-electron chi connectivity index (χ2n) is 8.96. The number of carbonyl (C=O) groups excluding carboxylic acids is 2. The van der Waals surface area contributed by atoms with Crippen molar-refractivity contribution < 1.29 is 24.2 Å². The van der Waals surface area contributed by atoms with Gasteiger partial charge in [0.05, 0.1) is 0 Å². The summed E-state index contributed by atoms with van der Waals surface area (Å²) >= 11 is 1.40. The smallest absolute Gasteiger partial charge is 0.408 e. The third kappa shape index (κ3) is 4.79. The van der Waals surface area contributed by atoms with Gasteiger partial charge in [-0.05, 0) is 46.0 Å². The van der Waals surface area contributed by atoms with Crippen LogP contribution in [0.2, 0.25) is 0 Å². The first-order chi connectivity index (χ1) is 17.0. The van der Waals surface area contributed by atoms with Crippen molar-refractivity contribution in [2.24, 2.45) is 5.92 Å². The minimum Gasteiger partial charge on any atom is -0.481 e. The monoisotopic (exact) mass is 490 g/mol. The molecule has 1 saturated heterocycles. The Labute approximate surface area is 207 Å². The van der Waals surface area contributed by atoms with Crippen LogP contribution in [0.1, 0.15) is 40.8 Å². The number of aliphatic carboxylic acids is 1. The summed E-state index contributed by atoms with van der Waals surface area (Å²) in [5.41, 5.74) is 4.55. The maximum absolute atomic E-state index is 13.2. The first kappa shape index (κ1) is 23.1. The Bertz CT molecular complexity index is 1190. The molecule has 0 saturated carbocycles. The fourth-order valence-electron chi connectivity index (χ4n) is 4.91. The summed E-state index contributed by atoms with van der Waals surface area (Å²) in [4.78, 5) is 39.2. The average molecular weight is 491 g/mol. The summed E-state index contributed by atoms with van der Waals surface area (Å²) in [7, 11) is 0. The molecule has 8 heteroatoms. The van der Waals surface area contributed by atoms with E-state index in [0.29, 0.717) is 19.5 Å². The number of hydrogen-bond donors (Lipinski definition) is 2. The largest absolute Gasteiger partial charge is 0.481 e. The molecule has 2 aromatic carbocycles. The molecule has 1 unspecified atom stereocenters. The fourth-order valence-corrected chi connectivity index (χ4v) is 5.68. The van der Waals surface area contributed by atoms with Crippen molar-refractivity contribution in [2.45, 2.75) is 24.8 Å². The Morgan fingerprint density at radius 3 is 2.26 bits per heavy atom. The number of carboxylic acid groups (broad SMARTS) is 1. The van der Waals surface area contributed by atoms with E-state index >= 15 is 0 Å². The van der Waals surface area contributed by atoms with Crippen LogP contribution in [0.5, 0.6) is 0 Å². The molecule has 0 spiro atoms. The average Bonchev–Trinajstić information content (AvgIpc) is 3.47. The van der Waals surface area contributed by atoms with Gasteiger partial charge >= 0.3 is 12.1 Å². The summed E-state index contributed by atoms with van der Waals surface area (Å²) in [6.07, 6.45) is 0.00307. The lowest BCUT2D eigenvalue weighted by Crippen LogP contribution is -2.54. The van der Waals surface area contributed by atoms with Gasteiger partial charge in [0.1, 0.15) is 12.6 Å². The van der Waals surface area contributed by atoms with Crippen molar-refractivity contribution in [1.29, 1.82) is 0 Å². The topological polar surface area (TPSA) is 95.9 Å². The number of rotatable bonds is 8. The van der Waals surface area contributed by atoms with Gasteiger partial charge in [-0.3, -0.25) is 9.59 Å². The molecule has 3 aromatic rings. The number of thiophene rings is 1. The third-order valence-corrected chi connectivity index (χ3v) is 7.65. The molecular weight excluding hydrogens is 464 g/mol. The molecule has 1 aromatic heterocycles. The van der Waals surface area contributed by atoms with Gasteiger partial charge in [0.2, 0.25) is 0 Å². The number of carboxylic acids is 1. The lowest BCUT2D eigenvalue weighted by Gasteiger charge is -2.40. The molecule has 7 nitrogen and oxygen atoms in total. The number of nitrogens with one attached hydrogen (secondary N) is 1. The third-order valence-electron chi connectivity index (χ3n) is 6.72. The van der Waals surface area contributed by atoms with E-state index in [9.17, 15) is 14.4 Å². The highest BCUT2D eigenvalue weighted by Gasteiger charge is 2.37. The van der Waals surface area contributed by atoms with E-state index in [1.54, 1.807) is 4.90 Å². The Morgan fingerprint density at radius 2 is 1.66 bits per heavy atom. The summed E-state index contributed by atoms with van der Waals surface area (Å²) in [6, 6.07) is 19.1. The first-order valence-electron chi connectivity index (χ1n) is 11.7. The second kappa shape index (κ2) is 9.92. The van der Waals surface area contributed by atoms with Crippen molar-refractivity contribution in [3.05, 3.63) is 82.0 Å². The van der Waals surface area contributed by atoms with E-state index in [0.717, 1.165) is 27.1 Å². The van der Waals surface area contributed by atoms with Crippen LogP contribution in [0.4, 0.5) is 4.79 Å². The number of likely N-dealkylation sites (tertiary alicyclic amines) is 1. The Hall–Kier alpha value is -3.65. The van der Waals surface area contributed by atoms with Crippen molar-refractivity contribution >= 4 is 29.3 Å². The molecular formula is C27H26N2O5S. The number of amides is 2. The first-order valence-corrected chi connectivity index (χ1v) is 12.5. The zero-order valence-electron chi connectivity index (χ0n) is 19.1. The Kier molecular flexibility index (Phi) is 6.55. The van der Waals surface area contributed by atoms with Gasteiger partial charge in [0.25, 0.3) is 5.91 Å². The molecule has 2 N–H and O–H groups in total. The number of hydrogen-bond acceptors (Lipinski definition) is 5. The van der Waals surface area contributed by atoms with Crippen LogP contribution in [-0.2, 0) is 14.3 Å². The van der Waals surface area contributed by atoms with Crippen LogP contribution in [-0.4, -0.2) is 47.7 Å². The number of fused-ring (bicyclic) bond motifs is 3. The van der Waals surface area contributed by atoms with Gasteiger partial charge in [-0.1, -0.05) is 54.6 Å². The van der Waals surface area contributed by atoms with Crippen LogP contribution in [0.3, 0.4) is 0 Å². The summed E-state index contributed by atoms with van der Waals surface area (Å²) in [6.45, 7) is 1.17. The van der Waals surface area contributed by atoms with E-state index in [2.05, 4.69) is 29.6 Å². The fraction of sp³-hybridized carbons (Fsp3) is 0.296. The highest BCUT2D eigenvalue weighted by molar-refractivity contribution is 7.10. The van der Waals surface area contributed by atoms with Gasteiger partial charge in [0, 0.05) is 30.3 Å². The van der Waals surface area contributed by atoms with E-state index in [4.69, 9.17) is 9.84 Å². The van der Waals surface area contributed by atoms with E-state index in [1.807, 2.05) is 41.8 Å². The number of alkyl carbamates (subject to hydrolysis) is 1. The molecule has 35 heavy (non-hydrogen) atoms. The highest BCUT2D eigenvalue weighted by Crippen LogP contribution is 2.44. The molecule has 5 rings (SSSR count). The lowest BCUT2D eigenvalue weighted by atomic mass is 9.93. The van der Waals surface area contributed by atoms with Gasteiger partial charge in [0.15, 0.2) is 0 Å². The predicted octanol–water partition coefficient (Wildman–Crippen LogP) is 4.65. The van der Waals surface area contributed by atoms with E-state index < -0.39 is 18.1 Å². The lowest BCUT2D eigenvalue weighted by molar-refractivity contribution is -0.141. The van der Waals surface area contributed by atoms with Crippen LogP contribution in [0.15, 0.2) is 66.0 Å². The second-order valence-corrected chi connectivity index (χ2v) is 9.94. The van der Waals surface area contributed by atoms with Gasteiger partial charge in [-0.25, -0.2) is 4.79 Å². The molecule has 0 bridgehead atoms. The van der Waals surface area contributed by atoms with Crippen molar-refractivity contribution in [3.63, 3.8) is 0 Å². The number of ether oxygens (including phenoxy) is 1. The zero-order chi connectivity index (χ0) is 24.4. The molecule has 0 radical (unpaired) electrons. The SMILES string of the molecule is O=C(O)CCC1CN(C(=O)C(NC(=O)OCC2c3ccccc3-c3ccccc32)c2cccs2)C1. The molecule has 1 fully saturated rings. The quantitative estimate of drug-likeness (QED) is 0.479. The summed E-state index contributed by atoms with van der Waals surface area (Å²) in [5, 5.41) is 13.5. The van der Waals surface area contributed by atoms with Crippen molar-refractivity contribution in [3.8, 4) is 11.1 Å². The van der Waals surface area contributed by atoms with Crippen molar-refractivity contribution in [1.82, 2.24) is 10.2 Å². The molecule has 2 aliphatic rings. The Balaban J connectivity index is 1.23. The van der Waals surface area contributed by atoms with Crippen LogP contribution < -0.4 is 5.32 Å². The maximum atomic E-state index is 13.2. The van der Waals surface area contributed by atoms with E-state index in [1.165, 1.54) is 11.3 Å². The number of benzene rings is 2. The molecule has 1 atom stereocenters. The normalized spacial score (nSPS) is 15.6. The predicted molar refractivity (Wildman–Crippen MR) is 132 cm³/mol. The highest BCUT2D eigenvalue weighted by atomic mass is 32.1. The molecule has 1 aliphatic carbocycles. The molecule has 180 valence electrons. The standard InChI is InChI=1S/C27H26N2O5S/c30-24(31)12-11-17-14-29(15-17)26(32)25(23-10-5-13-35-23)28-27(33)34-16-22-20-8-3-1-6-18(20)19-7-2-4-9-21(19)22/h1-10,13,17,22,25H,11-12,14-16H2,(H,28,33)(H,30,31). The van der Waals surface area contributed by atoms with Crippen LogP contribution in [0.25, 0.3) is 11.1 Å². The van der Waals surface area contributed by atoms with Crippen molar-refractivity contribution in [2.75, 3.05) is 19.7 Å². The van der Waals surface area contributed by atoms with Crippen LogP contribution in [0, 0.1) is 5.92 Å². The maximum Gasteiger partial charge on any atom is 0.408 e. The number of carbonyl (C=O) groups is 3. The zero-order valence-corrected chi connectivity index (χ0v) is 19.9. The number of nitrogens with zero attached hydrogens (tertiary/aromatic N) is 1. The molecule has 2 heterocycles. The molecule has 1 aliphatic heterocycles. The minimum atomic E-state index is -0.830. The van der Waals surface area contributed by atoms with Gasteiger partial charge in [-0.15, -0.1) is 11.3 Å². The summed E-state index contributed by atoms with van der Waals surface area (Å²) < 4.78 is 5.65. The Morgan fingerprint density at radius 1 is 1.00 bits per heavy atom. The van der Waals surface area contributed by atoms with Crippen LogP contribution >= 0.6 is 11.3 Å². The van der Waals surface area contributed by atoms with Gasteiger partial charge < -0.3 is 20.1 Å². The summed E-state index contributed by atoms with van der Waals surface area (Å²) in [5.74, 6) is -0.918. The molecule has 2 amide bonds. The van der Waals surface area contributed by atoms with E-state index in [-0.39, 0.29) is 30.8 Å². The van der Waals surface area contributed by atoms with Gasteiger partial charge in [-0.2, -0.15) is 0 Å².